The first kappa shape index (κ1) is 16.1. The minimum Gasteiger partial charge on any atom is -0.346 e. The third-order valence-corrected chi connectivity index (χ3v) is 5.35. The van der Waals surface area contributed by atoms with Crippen molar-refractivity contribution in [2.45, 2.75) is 38.1 Å². The molecule has 1 saturated carbocycles. The predicted octanol–water partition coefficient (Wildman–Crippen LogP) is 4.77. The quantitative estimate of drug-likeness (QED) is 0.851. The van der Waals surface area contributed by atoms with Crippen molar-refractivity contribution in [1.29, 1.82) is 0 Å². The molecule has 2 atom stereocenters. The van der Waals surface area contributed by atoms with E-state index in [1.165, 1.54) is 19.2 Å². The summed E-state index contributed by atoms with van der Waals surface area (Å²) in [6.07, 6.45) is 11.7. The van der Waals surface area contributed by atoms with E-state index in [-0.39, 0.29) is 12.0 Å². The third-order valence-electron chi connectivity index (χ3n) is 5.35. The summed E-state index contributed by atoms with van der Waals surface area (Å²) in [6.45, 7) is 0. The van der Waals surface area contributed by atoms with Crippen LogP contribution in [0.1, 0.15) is 37.8 Å². The van der Waals surface area contributed by atoms with Crippen molar-refractivity contribution in [3.63, 3.8) is 0 Å². The van der Waals surface area contributed by atoms with Crippen LogP contribution in [-0.4, -0.2) is 27.2 Å². The normalized spacial score (nSPS) is 21.7. The first-order chi connectivity index (χ1) is 12.2. The maximum atomic E-state index is 12.6. The molecular weight excluding hydrogens is 322 g/mol. The molecule has 0 aromatic carbocycles. The number of fused-ring (bicyclic) bond motifs is 1. The van der Waals surface area contributed by atoms with Gasteiger partial charge in [0.2, 0.25) is 0 Å². The fourth-order valence-corrected chi connectivity index (χ4v) is 4.13. The molecule has 1 aliphatic heterocycles. The molecule has 0 bridgehead atoms. The maximum Gasteiger partial charge on any atom is 0.266 e. The van der Waals surface area contributed by atoms with Crippen LogP contribution in [0.3, 0.4) is 0 Å². The summed E-state index contributed by atoms with van der Waals surface area (Å²) in [7, 11) is 0. The Morgan fingerprint density at radius 2 is 2.12 bits per heavy atom. The number of aromatic amines is 1. The van der Waals surface area contributed by atoms with Gasteiger partial charge in [-0.15, -0.1) is 0 Å². The molecule has 1 aliphatic carbocycles. The first-order valence-electron chi connectivity index (χ1n) is 8.77. The van der Waals surface area contributed by atoms with E-state index in [1.54, 1.807) is 0 Å². The number of aromatic nitrogens is 3. The molecule has 1 fully saturated rings. The highest BCUT2D eigenvalue weighted by Gasteiger charge is 2.32. The van der Waals surface area contributed by atoms with Crippen LogP contribution in [0.2, 0.25) is 0 Å². The molecule has 2 aliphatic rings. The zero-order chi connectivity index (χ0) is 17.2. The lowest BCUT2D eigenvalue weighted by molar-refractivity contribution is 0.310. The molecule has 4 rings (SSSR count). The minimum atomic E-state index is -1.60. The second-order valence-electron chi connectivity index (χ2n) is 6.79. The molecular formula is C19H20F2N4. The second-order valence-corrected chi connectivity index (χ2v) is 6.79. The van der Waals surface area contributed by atoms with Crippen LogP contribution in [0.5, 0.6) is 0 Å². The van der Waals surface area contributed by atoms with Gasteiger partial charge in [-0.2, -0.15) is 8.78 Å². The lowest BCUT2D eigenvalue weighted by Crippen LogP contribution is -2.22. The Kier molecular flexibility index (Phi) is 4.42. The maximum absolute atomic E-state index is 12.6. The largest absolute Gasteiger partial charge is 0.346 e. The number of hydrogen-bond donors (Lipinski definition) is 1. The van der Waals surface area contributed by atoms with E-state index in [1.807, 2.05) is 18.5 Å². The molecule has 1 N–H and O–H groups in total. The van der Waals surface area contributed by atoms with Gasteiger partial charge in [0.1, 0.15) is 12.0 Å². The third kappa shape index (κ3) is 3.25. The number of aliphatic imine (C=N–C) groups is 1. The van der Waals surface area contributed by atoms with Crippen molar-refractivity contribution < 1.29 is 8.78 Å². The Morgan fingerprint density at radius 1 is 1.28 bits per heavy atom. The lowest BCUT2D eigenvalue weighted by atomic mass is 9.82. The van der Waals surface area contributed by atoms with Gasteiger partial charge in [-0.3, -0.25) is 4.99 Å². The van der Waals surface area contributed by atoms with Gasteiger partial charge in [0, 0.05) is 23.4 Å². The lowest BCUT2D eigenvalue weighted by Gasteiger charge is -2.25. The van der Waals surface area contributed by atoms with Gasteiger partial charge in [-0.1, -0.05) is 25.7 Å². The summed E-state index contributed by atoms with van der Waals surface area (Å²) in [5.74, 6) is 0.590. The van der Waals surface area contributed by atoms with Crippen molar-refractivity contribution in [2.75, 3.05) is 0 Å². The Balaban J connectivity index is 1.63. The Morgan fingerprint density at radius 3 is 2.92 bits per heavy atom. The number of hydrogen-bond acceptors (Lipinski definition) is 3. The van der Waals surface area contributed by atoms with E-state index in [9.17, 15) is 8.78 Å². The Hall–Kier alpha value is -2.37. The molecule has 130 valence electrons. The van der Waals surface area contributed by atoms with Crippen LogP contribution in [-0.2, 0) is 0 Å². The average molecular weight is 342 g/mol. The summed E-state index contributed by atoms with van der Waals surface area (Å²) in [5.41, 5.74) is 2.58. The molecule has 4 nitrogen and oxygen atoms in total. The number of allylic oxidation sites excluding steroid dienone is 2. The number of nitrogens with zero attached hydrogens (tertiary/aromatic N) is 3. The monoisotopic (exact) mass is 342 g/mol. The topological polar surface area (TPSA) is 53.9 Å². The van der Waals surface area contributed by atoms with Gasteiger partial charge in [0.25, 0.3) is 6.08 Å². The molecule has 6 heteroatoms. The van der Waals surface area contributed by atoms with E-state index < -0.39 is 6.08 Å². The van der Waals surface area contributed by atoms with Crippen LogP contribution in [0.25, 0.3) is 16.6 Å². The molecule has 2 aromatic rings. The average Bonchev–Trinajstić information content (AvgIpc) is 3.36. The van der Waals surface area contributed by atoms with Crippen LogP contribution >= 0.6 is 0 Å². The van der Waals surface area contributed by atoms with Gasteiger partial charge in [0.15, 0.2) is 0 Å². The Labute approximate surface area is 144 Å². The molecule has 0 saturated heterocycles. The van der Waals surface area contributed by atoms with Gasteiger partial charge < -0.3 is 4.98 Å². The fourth-order valence-electron chi connectivity index (χ4n) is 4.13. The van der Waals surface area contributed by atoms with Gasteiger partial charge in [-0.25, -0.2) is 9.97 Å². The first-order valence-corrected chi connectivity index (χ1v) is 8.77. The summed E-state index contributed by atoms with van der Waals surface area (Å²) in [6, 6.07) is 1.89. The number of H-pyrrole nitrogens is 1. The summed E-state index contributed by atoms with van der Waals surface area (Å²) >= 11 is 0. The van der Waals surface area contributed by atoms with Crippen LogP contribution in [0.15, 0.2) is 41.8 Å². The minimum absolute atomic E-state index is 0.0577. The molecule has 0 spiro atoms. The molecule has 0 radical (unpaired) electrons. The molecule has 2 aromatic heterocycles. The van der Waals surface area contributed by atoms with E-state index in [0.29, 0.717) is 12.3 Å². The molecule has 2 unspecified atom stereocenters. The number of rotatable bonds is 5. The van der Waals surface area contributed by atoms with E-state index in [0.717, 1.165) is 41.2 Å². The van der Waals surface area contributed by atoms with Crippen molar-refractivity contribution >= 4 is 22.8 Å². The SMILES string of the molecule is FC(F)=CCC(C1CCCC1)C1C=C(c2ncnc3[nH]ccc23)C=N1. The van der Waals surface area contributed by atoms with Gasteiger partial charge in [-0.05, 0) is 36.5 Å². The van der Waals surface area contributed by atoms with E-state index in [4.69, 9.17) is 0 Å². The van der Waals surface area contributed by atoms with E-state index in [2.05, 4.69) is 26.0 Å². The highest BCUT2D eigenvalue weighted by Crippen LogP contribution is 2.39. The second kappa shape index (κ2) is 6.86. The fraction of sp³-hybridized carbons (Fsp3) is 0.421. The summed E-state index contributed by atoms with van der Waals surface area (Å²) < 4.78 is 25.3. The van der Waals surface area contributed by atoms with Crippen LogP contribution in [0.4, 0.5) is 8.78 Å². The van der Waals surface area contributed by atoms with Crippen molar-refractivity contribution in [3.05, 3.63) is 42.5 Å². The molecule has 0 amide bonds. The summed E-state index contributed by atoms with van der Waals surface area (Å²) in [4.78, 5) is 16.3. The van der Waals surface area contributed by atoms with Gasteiger partial charge in [0.05, 0.1) is 11.7 Å². The van der Waals surface area contributed by atoms with Gasteiger partial charge >= 0.3 is 0 Å². The molecule has 3 heterocycles. The zero-order valence-electron chi connectivity index (χ0n) is 13.8. The predicted molar refractivity (Wildman–Crippen MR) is 94.5 cm³/mol. The smallest absolute Gasteiger partial charge is 0.266 e. The standard InChI is InChI=1S/C19H20F2N4/c20-17(21)6-5-14(12-3-1-2-4-12)16-9-13(10-23-16)18-15-7-8-22-19(15)25-11-24-18/h6-12,14,16H,1-5H2,(H,22,24,25). The highest BCUT2D eigenvalue weighted by molar-refractivity contribution is 6.14. The van der Waals surface area contributed by atoms with Crippen molar-refractivity contribution in [3.8, 4) is 0 Å². The Bertz CT molecular complexity index is 842. The summed E-state index contributed by atoms with van der Waals surface area (Å²) in [5, 5.41) is 0.952. The van der Waals surface area contributed by atoms with Crippen LogP contribution < -0.4 is 0 Å². The van der Waals surface area contributed by atoms with Crippen molar-refractivity contribution in [1.82, 2.24) is 15.0 Å². The number of halogens is 2. The molecule has 25 heavy (non-hydrogen) atoms. The zero-order valence-corrected chi connectivity index (χ0v) is 13.8. The highest BCUT2D eigenvalue weighted by atomic mass is 19.3. The number of nitrogens with one attached hydrogen (secondary N) is 1. The van der Waals surface area contributed by atoms with E-state index >= 15 is 0 Å². The van der Waals surface area contributed by atoms with Crippen molar-refractivity contribution in [2.24, 2.45) is 16.8 Å². The van der Waals surface area contributed by atoms with Crippen LogP contribution in [0, 0.1) is 11.8 Å².